The molecule has 2 heterocycles. The third-order valence-corrected chi connectivity index (χ3v) is 6.26. The SMILES string of the molecule is CN=C(NC1CC(C)(OC)C1(C)C)N1CCOC(c2cnn(C)c2)C1. The number of aryl methyl sites for hydroxylation is 1. The van der Waals surface area contributed by atoms with E-state index in [9.17, 15) is 0 Å². The van der Waals surface area contributed by atoms with Crippen molar-refractivity contribution < 1.29 is 9.47 Å². The first kappa shape index (κ1) is 18.2. The molecule has 7 nitrogen and oxygen atoms in total. The molecule has 1 aromatic heterocycles. The van der Waals surface area contributed by atoms with Crippen LogP contribution in [0.5, 0.6) is 0 Å². The van der Waals surface area contributed by atoms with Crippen molar-refractivity contribution in [2.45, 2.75) is 44.9 Å². The van der Waals surface area contributed by atoms with Gasteiger partial charge in [-0.3, -0.25) is 9.67 Å². The van der Waals surface area contributed by atoms with E-state index < -0.39 is 0 Å². The van der Waals surface area contributed by atoms with Crippen molar-refractivity contribution in [3.8, 4) is 0 Å². The smallest absolute Gasteiger partial charge is 0.194 e. The fraction of sp³-hybridized carbons (Fsp3) is 0.778. The standard InChI is InChI=1S/C18H31N5O2/c1-17(2)15(9-18(17,3)24-6)21-16(19-4)23-7-8-25-14(12-23)13-10-20-22(5)11-13/h10-11,14-15H,7-9,12H2,1-6H3,(H,19,21). The van der Waals surface area contributed by atoms with E-state index in [1.807, 2.05) is 31.2 Å². The zero-order valence-electron chi connectivity index (χ0n) is 16.2. The lowest BCUT2D eigenvalue weighted by atomic mass is 9.56. The van der Waals surface area contributed by atoms with Crippen molar-refractivity contribution in [1.82, 2.24) is 20.0 Å². The number of morpholine rings is 1. The van der Waals surface area contributed by atoms with Gasteiger partial charge in [-0.05, 0) is 13.3 Å². The largest absolute Gasteiger partial charge is 0.378 e. The first-order chi connectivity index (χ1) is 11.8. The zero-order valence-corrected chi connectivity index (χ0v) is 16.2. The molecule has 0 aromatic carbocycles. The van der Waals surface area contributed by atoms with Crippen LogP contribution in [0.2, 0.25) is 0 Å². The van der Waals surface area contributed by atoms with Gasteiger partial charge in [-0.25, -0.2) is 0 Å². The van der Waals surface area contributed by atoms with Crippen LogP contribution in [0.3, 0.4) is 0 Å². The first-order valence-corrected chi connectivity index (χ1v) is 8.94. The maximum Gasteiger partial charge on any atom is 0.194 e. The van der Waals surface area contributed by atoms with E-state index in [4.69, 9.17) is 9.47 Å². The Kier molecular flexibility index (Phi) is 4.81. The minimum Gasteiger partial charge on any atom is -0.378 e. The Bertz CT molecular complexity index is 641. The van der Waals surface area contributed by atoms with Gasteiger partial charge in [0.1, 0.15) is 6.10 Å². The van der Waals surface area contributed by atoms with Crippen LogP contribution in [0, 0.1) is 5.41 Å². The van der Waals surface area contributed by atoms with Gasteiger partial charge >= 0.3 is 0 Å². The highest BCUT2D eigenvalue weighted by Crippen LogP contribution is 2.51. The molecule has 7 heteroatoms. The second kappa shape index (κ2) is 6.61. The van der Waals surface area contributed by atoms with Gasteiger partial charge in [-0.2, -0.15) is 5.10 Å². The molecule has 0 amide bonds. The van der Waals surface area contributed by atoms with Gasteiger partial charge in [0, 0.05) is 51.0 Å². The molecule has 3 unspecified atom stereocenters. The van der Waals surface area contributed by atoms with Crippen molar-refractivity contribution in [3.05, 3.63) is 18.0 Å². The molecule has 25 heavy (non-hydrogen) atoms. The quantitative estimate of drug-likeness (QED) is 0.663. The lowest BCUT2D eigenvalue weighted by Gasteiger charge is -2.59. The lowest BCUT2D eigenvalue weighted by molar-refractivity contribution is -0.177. The molecular weight excluding hydrogens is 318 g/mol. The lowest BCUT2D eigenvalue weighted by Crippen LogP contribution is -2.70. The maximum atomic E-state index is 5.94. The van der Waals surface area contributed by atoms with Crippen LogP contribution >= 0.6 is 0 Å². The molecule has 3 atom stereocenters. The molecular formula is C18H31N5O2. The number of aromatic nitrogens is 2. The summed E-state index contributed by atoms with van der Waals surface area (Å²) in [6.45, 7) is 8.99. The predicted molar refractivity (Wildman–Crippen MR) is 97.6 cm³/mol. The third kappa shape index (κ3) is 3.15. The summed E-state index contributed by atoms with van der Waals surface area (Å²) in [6.07, 6.45) is 4.90. The van der Waals surface area contributed by atoms with Crippen LogP contribution in [-0.2, 0) is 16.5 Å². The summed E-state index contributed by atoms with van der Waals surface area (Å²) >= 11 is 0. The summed E-state index contributed by atoms with van der Waals surface area (Å²) in [5, 5.41) is 7.90. The molecule has 140 valence electrons. The number of guanidine groups is 1. The van der Waals surface area contributed by atoms with Crippen molar-refractivity contribution in [1.29, 1.82) is 0 Å². The minimum absolute atomic E-state index is 0.0274. The number of hydrogen-bond acceptors (Lipinski definition) is 4. The van der Waals surface area contributed by atoms with E-state index in [1.54, 1.807) is 7.11 Å². The van der Waals surface area contributed by atoms with E-state index in [0.29, 0.717) is 12.6 Å². The Labute approximate surface area is 150 Å². The highest BCUT2D eigenvalue weighted by Gasteiger charge is 2.58. The van der Waals surface area contributed by atoms with Crippen molar-refractivity contribution in [2.24, 2.45) is 17.5 Å². The molecule has 1 aliphatic carbocycles. The maximum absolute atomic E-state index is 5.94. The molecule has 0 spiro atoms. The Balaban J connectivity index is 1.66. The number of rotatable bonds is 3. The van der Waals surface area contributed by atoms with Crippen LogP contribution in [0.25, 0.3) is 0 Å². The number of aliphatic imine (C=N–C) groups is 1. The number of methoxy groups -OCH3 is 1. The summed E-state index contributed by atoms with van der Waals surface area (Å²) in [7, 11) is 5.57. The number of nitrogens with zero attached hydrogens (tertiary/aromatic N) is 4. The van der Waals surface area contributed by atoms with E-state index >= 15 is 0 Å². The summed E-state index contributed by atoms with van der Waals surface area (Å²) in [4.78, 5) is 6.80. The number of hydrogen-bond donors (Lipinski definition) is 1. The van der Waals surface area contributed by atoms with Crippen molar-refractivity contribution in [3.63, 3.8) is 0 Å². The predicted octanol–water partition coefficient (Wildman–Crippen LogP) is 1.57. The molecule has 3 rings (SSSR count). The zero-order chi connectivity index (χ0) is 18.2. The Morgan fingerprint density at radius 1 is 1.44 bits per heavy atom. The second-order valence-electron chi connectivity index (χ2n) is 7.86. The highest BCUT2D eigenvalue weighted by molar-refractivity contribution is 5.80. The Morgan fingerprint density at radius 3 is 2.76 bits per heavy atom. The highest BCUT2D eigenvalue weighted by atomic mass is 16.5. The van der Waals surface area contributed by atoms with Crippen LogP contribution in [0.1, 0.15) is 38.9 Å². The van der Waals surface area contributed by atoms with Gasteiger partial charge in [0.2, 0.25) is 0 Å². The van der Waals surface area contributed by atoms with Crippen LogP contribution < -0.4 is 5.32 Å². The molecule has 1 aromatic rings. The van der Waals surface area contributed by atoms with Gasteiger partial charge in [0.25, 0.3) is 0 Å². The second-order valence-corrected chi connectivity index (χ2v) is 7.86. The number of nitrogens with one attached hydrogen (secondary N) is 1. The average Bonchev–Trinajstić information content (AvgIpc) is 3.04. The van der Waals surface area contributed by atoms with Crippen molar-refractivity contribution in [2.75, 3.05) is 33.9 Å². The van der Waals surface area contributed by atoms with Gasteiger partial charge in [0.05, 0.1) is 24.9 Å². The average molecular weight is 349 g/mol. The fourth-order valence-electron chi connectivity index (χ4n) is 3.83. The molecule has 1 aliphatic heterocycles. The molecule has 2 fully saturated rings. The summed E-state index contributed by atoms with van der Waals surface area (Å²) in [6, 6.07) is 0.343. The molecule has 1 saturated heterocycles. The first-order valence-electron chi connectivity index (χ1n) is 8.94. The number of ether oxygens (including phenoxy) is 2. The summed E-state index contributed by atoms with van der Waals surface area (Å²) in [5.74, 6) is 0.938. The molecule has 0 radical (unpaired) electrons. The van der Waals surface area contributed by atoms with Gasteiger partial charge in [-0.15, -0.1) is 0 Å². The van der Waals surface area contributed by atoms with E-state index in [1.165, 1.54) is 0 Å². The van der Waals surface area contributed by atoms with Crippen LogP contribution in [0.4, 0.5) is 0 Å². The summed E-state index contributed by atoms with van der Waals surface area (Å²) in [5.41, 5.74) is 1.07. The van der Waals surface area contributed by atoms with Gasteiger partial charge < -0.3 is 19.7 Å². The Hall–Kier alpha value is -1.60. The van der Waals surface area contributed by atoms with Crippen molar-refractivity contribution >= 4 is 5.96 Å². The van der Waals surface area contributed by atoms with E-state index in [0.717, 1.165) is 31.0 Å². The third-order valence-electron chi connectivity index (χ3n) is 6.26. The monoisotopic (exact) mass is 349 g/mol. The molecule has 0 bridgehead atoms. The van der Waals surface area contributed by atoms with Crippen LogP contribution in [-0.4, -0.2) is 66.1 Å². The Morgan fingerprint density at radius 2 is 2.20 bits per heavy atom. The van der Waals surface area contributed by atoms with Crippen LogP contribution in [0.15, 0.2) is 17.4 Å². The van der Waals surface area contributed by atoms with Gasteiger partial charge in [0.15, 0.2) is 5.96 Å². The van der Waals surface area contributed by atoms with Gasteiger partial charge in [-0.1, -0.05) is 13.8 Å². The molecule has 1 N–H and O–H groups in total. The normalized spacial score (nSPS) is 32.4. The van der Waals surface area contributed by atoms with E-state index in [-0.39, 0.29) is 17.1 Å². The fourth-order valence-corrected chi connectivity index (χ4v) is 3.83. The molecule has 2 aliphatic rings. The topological polar surface area (TPSA) is 63.9 Å². The minimum atomic E-state index is -0.0905. The summed E-state index contributed by atoms with van der Waals surface area (Å²) < 4.78 is 13.5. The van der Waals surface area contributed by atoms with E-state index in [2.05, 4.69) is 41.1 Å². The molecule has 1 saturated carbocycles.